The van der Waals surface area contributed by atoms with Crippen molar-refractivity contribution in [1.82, 2.24) is 42.5 Å². The van der Waals surface area contributed by atoms with Crippen LogP contribution in [0.25, 0.3) is 0 Å². The van der Waals surface area contributed by atoms with Gasteiger partial charge in [-0.1, -0.05) is 265 Å². The van der Waals surface area contributed by atoms with Gasteiger partial charge in [-0.25, -0.2) is 0 Å². The molecule has 16 atom stereocenters. The van der Waals surface area contributed by atoms with Crippen molar-refractivity contribution >= 4 is 47.8 Å². The number of rotatable bonds is 16. The molecular formula is C91H116N8O16. The van der Waals surface area contributed by atoms with Gasteiger partial charge in [0.15, 0.2) is 0 Å². The van der Waals surface area contributed by atoms with Gasteiger partial charge in [-0.05, 0) is 147 Å². The van der Waals surface area contributed by atoms with Crippen LogP contribution in [0.2, 0.25) is 0 Å². The third-order valence-corrected chi connectivity index (χ3v) is 21.2. The van der Waals surface area contributed by atoms with Crippen LogP contribution in [-0.4, -0.2) is 137 Å². The molecule has 0 saturated carbocycles. The fourth-order valence-corrected chi connectivity index (χ4v) is 15.1. The van der Waals surface area contributed by atoms with Crippen LogP contribution < -0.4 is 42.5 Å². The minimum atomic E-state index is -0.747. The summed E-state index contributed by atoms with van der Waals surface area (Å²) in [6, 6.07) is 78.5. The Kier molecular flexibility index (Phi) is 39.2. The Morgan fingerprint density at radius 1 is 0.165 bits per heavy atom. The standard InChI is InChI=1S/8C11H13NO2.3CH4/c8*13-11(14)10-7-6-9(12-10)8-4-2-1-3-5-8;;;/h8*1-5,9-10,12H,6-7H2,(H,13,14);3*1H4/t4*9-,10+;4*9-,10-;;;/m11001100.../s1. The maximum Gasteiger partial charge on any atom is 0.320 e. The van der Waals surface area contributed by atoms with Crippen LogP contribution in [0.4, 0.5) is 0 Å². The van der Waals surface area contributed by atoms with Crippen LogP contribution in [-0.2, 0) is 38.4 Å². The van der Waals surface area contributed by atoms with Gasteiger partial charge in [-0.3, -0.25) is 80.9 Å². The van der Waals surface area contributed by atoms with Crippen molar-refractivity contribution in [1.29, 1.82) is 0 Å². The molecule has 0 unspecified atom stereocenters. The zero-order chi connectivity index (χ0) is 79.7. The first-order valence-corrected chi connectivity index (χ1v) is 38.5. The summed E-state index contributed by atoms with van der Waals surface area (Å²) in [5, 5.41) is 95.4. The predicted molar refractivity (Wildman–Crippen MR) is 444 cm³/mol. The minimum Gasteiger partial charge on any atom is -0.480 e. The number of carboxylic acid groups (broad SMARTS) is 8. The smallest absolute Gasteiger partial charge is 0.320 e. The van der Waals surface area contributed by atoms with Crippen molar-refractivity contribution in [3.8, 4) is 0 Å². The summed E-state index contributed by atoms with van der Waals surface area (Å²) >= 11 is 0. The molecule has 8 aromatic rings. The Morgan fingerprint density at radius 2 is 0.252 bits per heavy atom. The number of hydrogen-bond acceptors (Lipinski definition) is 16. The SMILES string of the molecule is C.C.C.O=C(O)[C@@H]1CC[C@@H](c2ccccc2)N1.O=C(O)[C@@H]1CC[C@@H](c2ccccc2)N1.O=C(O)[C@@H]1CC[C@H](c2ccccc2)N1.O=C(O)[C@@H]1CC[C@H](c2ccccc2)N1.O=C(O)[C@H]1CC[C@@H](c2ccccc2)N1.O=C(O)[C@H]1CC[C@@H](c2ccccc2)N1.O=C(O)[C@H]1CC[C@H](c2ccccc2)N1.O=C(O)[C@H]1CC[C@H](c2ccccc2)N1. The third kappa shape index (κ3) is 29.5. The summed E-state index contributed by atoms with van der Waals surface area (Å²) < 4.78 is 0. The van der Waals surface area contributed by atoms with Crippen LogP contribution in [0.5, 0.6) is 0 Å². The molecule has 8 fully saturated rings. The van der Waals surface area contributed by atoms with E-state index in [9.17, 15) is 38.4 Å². The van der Waals surface area contributed by atoms with Crippen molar-refractivity contribution in [2.75, 3.05) is 0 Å². The van der Waals surface area contributed by atoms with E-state index in [2.05, 4.69) is 42.5 Å². The van der Waals surface area contributed by atoms with E-state index in [4.69, 9.17) is 40.9 Å². The van der Waals surface area contributed by atoms with E-state index >= 15 is 0 Å². The second-order valence-corrected chi connectivity index (χ2v) is 28.8. The molecule has 8 heterocycles. The summed E-state index contributed by atoms with van der Waals surface area (Å²) in [7, 11) is 0. The van der Waals surface area contributed by atoms with Gasteiger partial charge in [0, 0.05) is 48.3 Å². The van der Waals surface area contributed by atoms with Crippen LogP contribution >= 0.6 is 0 Å². The number of nitrogens with one attached hydrogen (secondary N) is 8. The van der Waals surface area contributed by atoms with Gasteiger partial charge >= 0.3 is 47.8 Å². The van der Waals surface area contributed by atoms with Crippen molar-refractivity contribution in [2.45, 2.75) is 222 Å². The fourth-order valence-electron chi connectivity index (χ4n) is 15.1. The van der Waals surface area contributed by atoms with Crippen molar-refractivity contribution in [3.05, 3.63) is 287 Å². The van der Waals surface area contributed by atoms with Gasteiger partial charge in [0.05, 0.1) is 0 Å². The van der Waals surface area contributed by atoms with E-state index in [0.29, 0.717) is 0 Å². The predicted octanol–water partition coefficient (Wildman–Crippen LogP) is 14.4. The van der Waals surface area contributed by atoms with E-state index in [1.807, 2.05) is 243 Å². The van der Waals surface area contributed by atoms with Crippen molar-refractivity contribution < 1.29 is 79.2 Å². The Hall–Kier alpha value is -10.8. The quantitative estimate of drug-likeness (QED) is 0.0427. The van der Waals surface area contributed by atoms with Crippen molar-refractivity contribution in [3.63, 3.8) is 0 Å². The summed E-state index contributed by atoms with van der Waals surface area (Å²) in [4.78, 5) is 85.7. The Balaban J connectivity index is 0.000000204. The van der Waals surface area contributed by atoms with Gasteiger partial charge in [-0.15, -0.1) is 0 Å². The zero-order valence-electron chi connectivity index (χ0n) is 62.5. The molecule has 0 aliphatic carbocycles. The second kappa shape index (κ2) is 48.4. The molecular weight excluding hydrogens is 1460 g/mol. The number of carboxylic acids is 8. The molecule has 0 amide bonds. The van der Waals surface area contributed by atoms with E-state index < -0.39 is 47.8 Å². The second-order valence-electron chi connectivity index (χ2n) is 28.8. The molecule has 8 aliphatic heterocycles. The molecule has 16 rings (SSSR count). The average molecular weight is 1580 g/mol. The topological polar surface area (TPSA) is 395 Å². The first kappa shape index (κ1) is 93.1. The largest absolute Gasteiger partial charge is 0.480 e. The molecule has 0 spiro atoms. The first-order chi connectivity index (χ1) is 54.2. The maximum absolute atomic E-state index is 10.7. The molecule has 24 nitrogen and oxygen atoms in total. The zero-order valence-corrected chi connectivity index (χ0v) is 62.5. The van der Waals surface area contributed by atoms with E-state index in [1.54, 1.807) is 0 Å². The van der Waals surface area contributed by atoms with Crippen LogP contribution in [0.1, 0.15) is 218 Å². The molecule has 8 aliphatic rings. The highest BCUT2D eigenvalue weighted by Gasteiger charge is 2.36. The highest BCUT2D eigenvalue weighted by molar-refractivity contribution is 5.77. The Labute approximate surface area is 675 Å². The van der Waals surface area contributed by atoms with Gasteiger partial charge in [0.1, 0.15) is 48.3 Å². The summed E-state index contributed by atoms with van der Waals surface area (Å²) in [6.07, 6.45) is 13.0. The number of hydrogen-bond donors (Lipinski definition) is 16. The normalized spacial score (nSPS) is 25.6. The van der Waals surface area contributed by atoms with Crippen LogP contribution in [0, 0.1) is 0 Å². The van der Waals surface area contributed by atoms with E-state index in [-0.39, 0.29) is 119 Å². The van der Waals surface area contributed by atoms with Gasteiger partial charge in [-0.2, -0.15) is 0 Å². The third-order valence-electron chi connectivity index (χ3n) is 21.2. The lowest BCUT2D eigenvalue weighted by atomic mass is 10.1. The number of benzene rings is 8. The molecule has 0 bridgehead atoms. The van der Waals surface area contributed by atoms with Crippen molar-refractivity contribution in [2.24, 2.45) is 0 Å². The van der Waals surface area contributed by atoms with Gasteiger partial charge in [0.2, 0.25) is 0 Å². The molecule has 8 saturated heterocycles. The highest BCUT2D eigenvalue weighted by atomic mass is 16.4. The minimum absolute atomic E-state index is 0. The lowest BCUT2D eigenvalue weighted by Gasteiger charge is -2.11. The lowest BCUT2D eigenvalue weighted by Crippen LogP contribution is -2.31. The Bertz CT molecular complexity index is 3400. The van der Waals surface area contributed by atoms with Crippen LogP contribution in [0.15, 0.2) is 243 Å². The highest BCUT2D eigenvalue weighted by Crippen LogP contribution is 2.33. The van der Waals surface area contributed by atoms with Gasteiger partial charge < -0.3 is 40.9 Å². The summed E-state index contributed by atoms with van der Waals surface area (Å²) in [6.45, 7) is 0. The summed E-state index contributed by atoms with van der Waals surface area (Å²) in [5.41, 5.74) is 9.42. The number of aliphatic carboxylic acids is 8. The molecule has 616 valence electrons. The Morgan fingerprint density at radius 3 is 0.322 bits per heavy atom. The number of carbonyl (C=O) groups is 8. The monoisotopic (exact) mass is 1580 g/mol. The van der Waals surface area contributed by atoms with E-state index in [0.717, 1.165) is 103 Å². The molecule has 115 heavy (non-hydrogen) atoms. The molecule has 0 radical (unpaired) electrons. The molecule has 16 N–H and O–H groups in total. The van der Waals surface area contributed by atoms with Gasteiger partial charge in [0.25, 0.3) is 0 Å². The summed E-state index contributed by atoms with van der Waals surface area (Å²) in [5.74, 6) is -5.97. The molecule has 24 heteroatoms. The molecule has 8 aromatic carbocycles. The average Bonchev–Trinajstić information content (AvgIpc) is 1.79. The van der Waals surface area contributed by atoms with Crippen LogP contribution in [0.3, 0.4) is 0 Å². The fraction of sp³-hybridized carbons (Fsp3) is 0.385. The lowest BCUT2D eigenvalue weighted by molar-refractivity contribution is -0.140. The first-order valence-electron chi connectivity index (χ1n) is 38.5. The van der Waals surface area contributed by atoms with E-state index in [1.165, 1.54) is 44.5 Å². The maximum atomic E-state index is 10.7. The molecule has 0 aromatic heterocycles.